The van der Waals surface area contributed by atoms with E-state index in [2.05, 4.69) is 30.5 Å². The van der Waals surface area contributed by atoms with Crippen molar-refractivity contribution in [3.8, 4) is 0 Å². The number of rotatable bonds is 2. The first kappa shape index (κ1) is 14.4. The number of aryl methyl sites for hydroxylation is 1. The molecular formula is C18H26N2O. The van der Waals surface area contributed by atoms with E-state index in [9.17, 15) is 4.79 Å². The van der Waals surface area contributed by atoms with Crippen LogP contribution in [-0.4, -0.2) is 18.5 Å². The van der Waals surface area contributed by atoms with E-state index in [4.69, 9.17) is 0 Å². The molecule has 3 nitrogen and oxygen atoms in total. The van der Waals surface area contributed by atoms with Crippen LogP contribution in [0.25, 0.3) is 0 Å². The molecular weight excluding hydrogens is 260 g/mol. The molecule has 0 atom stereocenters. The molecule has 1 amide bonds. The van der Waals surface area contributed by atoms with Crippen molar-refractivity contribution in [1.29, 1.82) is 0 Å². The monoisotopic (exact) mass is 286 g/mol. The number of benzene rings is 1. The number of carbonyl (C=O) groups excluding carboxylic acids is 1. The number of hydrogen-bond acceptors (Lipinski definition) is 2. The van der Waals surface area contributed by atoms with Crippen molar-refractivity contribution < 1.29 is 4.79 Å². The van der Waals surface area contributed by atoms with Crippen molar-refractivity contribution in [3.63, 3.8) is 0 Å². The fourth-order valence-corrected chi connectivity index (χ4v) is 3.43. The predicted molar refractivity (Wildman–Crippen MR) is 86.8 cm³/mol. The van der Waals surface area contributed by atoms with Crippen LogP contribution in [0.1, 0.15) is 61.9 Å². The standard InChI is InChI=1S/C18H26N2O/c1-18(2)9-7-15(8-10-18)20-17(21)14-5-6-16-13(12-14)4-3-11-19-16/h5-6,12,15,19H,3-4,7-11H2,1-2H3,(H,20,21). The molecule has 21 heavy (non-hydrogen) atoms. The largest absolute Gasteiger partial charge is 0.385 e. The molecule has 0 spiro atoms. The first-order valence-electron chi connectivity index (χ1n) is 8.21. The molecule has 2 aliphatic rings. The van der Waals surface area contributed by atoms with Gasteiger partial charge in [0.1, 0.15) is 0 Å². The molecule has 1 aromatic carbocycles. The average Bonchev–Trinajstić information content (AvgIpc) is 2.49. The van der Waals surface area contributed by atoms with Gasteiger partial charge in [0, 0.05) is 23.8 Å². The predicted octanol–water partition coefficient (Wildman–Crippen LogP) is 3.74. The Morgan fingerprint density at radius 2 is 2.05 bits per heavy atom. The van der Waals surface area contributed by atoms with Crippen molar-refractivity contribution in [3.05, 3.63) is 29.3 Å². The molecule has 1 heterocycles. The number of fused-ring (bicyclic) bond motifs is 1. The minimum Gasteiger partial charge on any atom is -0.385 e. The quantitative estimate of drug-likeness (QED) is 0.869. The zero-order valence-electron chi connectivity index (χ0n) is 13.2. The van der Waals surface area contributed by atoms with Gasteiger partial charge in [0.05, 0.1) is 0 Å². The fraction of sp³-hybridized carbons (Fsp3) is 0.611. The van der Waals surface area contributed by atoms with Gasteiger partial charge in [-0.1, -0.05) is 13.8 Å². The van der Waals surface area contributed by atoms with E-state index >= 15 is 0 Å². The second-order valence-electron chi connectivity index (χ2n) is 7.31. The van der Waals surface area contributed by atoms with Gasteiger partial charge in [0.15, 0.2) is 0 Å². The van der Waals surface area contributed by atoms with Gasteiger partial charge in [-0.15, -0.1) is 0 Å². The van der Waals surface area contributed by atoms with Crippen LogP contribution in [-0.2, 0) is 6.42 Å². The number of amides is 1. The number of anilines is 1. The molecule has 1 aromatic rings. The Balaban J connectivity index is 1.63. The van der Waals surface area contributed by atoms with Crippen LogP contribution in [0, 0.1) is 5.41 Å². The van der Waals surface area contributed by atoms with Crippen molar-refractivity contribution in [2.45, 2.75) is 58.4 Å². The van der Waals surface area contributed by atoms with Gasteiger partial charge in [-0.25, -0.2) is 0 Å². The zero-order valence-corrected chi connectivity index (χ0v) is 13.2. The Morgan fingerprint density at radius 1 is 1.29 bits per heavy atom. The average molecular weight is 286 g/mol. The molecule has 0 bridgehead atoms. The summed E-state index contributed by atoms with van der Waals surface area (Å²) in [6.07, 6.45) is 6.82. The fourth-order valence-electron chi connectivity index (χ4n) is 3.43. The highest BCUT2D eigenvalue weighted by Crippen LogP contribution is 2.35. The van der Waals surface area contributed by atoms with Crippen molar-refractivity contribution >= 4 is 11.6 Å². The lowest BCUT2D eigenvalue weighted by atomic mass is 9.75. The topological polar surface area (TPSA) is 41.1 Å². The van der Waals surface area contributed by atoms with Crippen LogP contribution in [0.4, 0.5) is 5.69 Å². The maximum absolute atomic E-state index is 12.4. The highest BCUT2D eigenvalue weighted by molar-refractivity contribution is 5.95. The Labute approximate surface area is 127 Å². The minimum atomic E-state index is 0.0908. The van der Waals surface area contributed by atoms with Crippen molar-refractivity contribution in [2.75, 3.05) is 11.9 Å². The molecule has 0 unspecified atom stereocenters. The summed E-state index contributed by atoms with van der Waals surface area (Å²) in [6, 6.07) is 6.40. The molecule has 114 valence electrons. The Morgan fingerprint density at radius 3 is 2.81 bits per heavy atom. The van der Waals surface area contributed by atoms with Crippen LogP contribution >= 0.6 is 0 Å². The van der Waals surface area contributed by atoms with Gasteiger partial charge in [0.25, 0.3) is 5.91 Å². The van der Waals surface area contributed by atoms with E-state index < -0.39 is 0 Å². The highest BCUT2D eigenvalue weighted by Gasteiger charge is 2.27. The smallest absolute Gasteiger partial charge is 0.251 e. The second kappa shape index (κ2) is 5.70. The summed E-state index contributed by atoms with van der Waals surface area (Å²) in [7, 11) is 0. The molecule has 3 rings (SSSR count). The number of nitrogens with one attached hydrogen (secondary N) is 2. The summed E-state index contributed by atoms with van der Waals surface area (Å²) in [6.45, 7) is 5.68. The SMILES string of the molecule is CC1(C)CCC(NC(=O)c2ccc3c(c2)CCCN3)CC1. The van der Waals surface area contributed by atoms with Crippen LogP contribution in [0.15, 0.2) is 18.2 Å². The molecule has 1 aliphatic carbocycles. The molecule has 0 aromatic heterocycles. The number of hydrogen-bond donors (Lipinski definition) is 2. The van der Waals surface area contributed by atoms with Crippen molar-refractivity contribution in [1.82, 2.24) is 5.32 Å². The zero-order chi connectivity index (χ0) is 14.9. The molecule has 1 aliphatic heterocycles. The van der Waals surface area contributed by atoms with Crippen LogP contribution in [0.3, 0.4) is 0 Å². The van der Waals surface area contributed by atoms with E-state index in [1.54, 1.807) is 0 Å². The van der Waals surface area contributed by atoms with E-state index in [0.717, 1.165) is 37.8 Å². The minimum absolute atomic E-state index is 0.0908. The maximum atomic E-state index is 12.4. The summed E-state index contributed by atoms with van der Waals surface area (Å²) in [5.41, 5.74) is 3.72. The summed E-state index contributed by atoms with van der Waals surface area (Å²) in [4.78, 5) is 12.4. The van der Waals surface area contributed by atoms with E-state index in [1.165, 1.54) is 24.1 Å². The molecule has 1 fully saturated rings. The van der Waals surface area contributed by atoms with E-state index in [-0.39, 0.29) is 5.91 Å². The lowest BCUT2D eigenvalue weighted by Gasteiger charge is -2.34. The van der Waals surface area contributed by atoms with Gasteiger partial charge in [0.2, 0.25) is 0 Å². The lowest BCUT2D eigenvalue weighted by Crippen LogP contribution is -2.39. The van der Waals surface area contributed by atoms with E-state index in [0.29, 0.717) is 11.5 Å². The van der Waals surface area contributed by atoms with Gasteiger partial charge in [-0.3, -0.25) is 4.79 Å². The molecule has 2 N–H and O–H groups in total. The summed E-state index contributed by atoms with van der Waals surface area (Å²) in [5, 5.41) is 6.61. The summed E-state index contributed by atoms with van der Waals surface area (Å²) in [5.74, 6) is 0.0908. The summed E-state index contributed by atoms with van der Waals surface area (Å²) < 4.78 is 0. The molecule has 0 radical (unpaired) electrons. The lowest BCUT2D eigenvalue weighted by molar-refractivity contribution is 0.0909. The normalized spacial score (nSPS) is 21.2. The Bertz CT molecular complexity index is 526. The summed E-state index contributed by atoms with van der Waals surface area (Å²) >= 11 is 0. The van der Waals surface area contributed by atoms with Gasteiger partial charge >= 0.3 is 0 Å². The number of carbonyl (C=O) groups is 1. The van der Waals surface area contributed by atoms with Crippen LogP contribution < -0.4 is 10.6 Å². The Kier molecular flexibility index (Phi) is 3.92. The highest BCUT2D eigenvalue weighted by atomic mass is 16.1. The first-order chi connectivity index (χ1) is 10.0. The first-order valence-corrected chi connectivity index (χ1v) is 8.21. The molecule has 1 saturated carbocycles. The Hall–Kier alpha value is -1.51. The maximum Gasteiger partial charge on any atom is 0.251 e. The van der Waals surface area contributed by atoms with Gasteiger partial charge in [-0.2, -0.15) is 0 Å². The van der Waals surface area contributed by atoms with E-state index in [1.807, 2.05) is 12.1 Å². The van der Waals surface area contributed by atoms with Crippen LogP contribution in [0.5, 0.6) is 0 Å². The third-order valence-corrected chi connectivity index (χ3v) is 4.98. The second-order valence-corrected chi connectivity index (χ2v) is 7.31. The van der Waals surface area contributed by atoms with Crippen LogP contribution in [0.2, 0.25) is 0 Å². The van der Waals surface area contributed by atoms with Crippen molar-refractivity contribution in [2.24, 2.45) is 5.41 Å². The third-order valence-electron chi connectivity index (χ3n) is 4.98. The van der Waals surface area contributed by atoms with Gasteiger partial charge < -0.3 is 10.6 Å². The third kappa shape index (κ3) is 3.39. The molecule has 0 saturated heterocycles. The van der Waals surface area contributed by atoms with Gasteiger partial charge in [-0.05, 0) is 67.7 Å². The molecule has 3 heteroatoms.